The predicted octanol–water partition coefficient (Wildman–Crippen LogP) is 3.03. The highest BCUT2D eigenvalue weighted by atomic mass is 32.2. The first kappa shape index (κ1) is 21.7. The zero-order valence-corrected chi connectivity index (χ0v) is 18.6. The molecule has 0 atom stereocenters. The highest BCUT2D eigenvalue weighted by molar-refractivity contribution is 7.91. The van der Waals surface area contributed by atoms with Gasteiger partial charge in [0.25, 0.3) is 0 Å². The van der Waals surface area contributed by atoms with Crippen molar-refractivity contribution in [3.05, 3.63) is 66.1 Å². The fourth-order valence-electron chi connectivity index (χ4n) is 3.73. The number of hydrogen-bond acceptors (Lipinski definition) is 7. The van der Waals surface area contributed by atoms with Crippen LogP contribution in [0.2, 0.25) is 0 Å². The first-order chi connectivity index (χ1) is 15.0. The Balaban J connectivity index is 1.21. The summed E-state index contributed by atoms with van der Waals surface area (Å²) in [6.07, 6.45) is 0.640. The van der Waals surface area contributed by atoms with Gasteiger partial charge in [-0.15, -0.1) is 0 Å². The molecule has 31 heavy (non-hydrogen) atoms. The molecule has 8 heteroatoms. The van der Waals surface area contributed by atoms with Gasteiger partial charge < -0.3 is 9.42 Å². The van der Waals surface area contributed by atoms with E-state index in [1.54, 1.807) is 24.3 Å². The third-order valence-corrected chi connectivity index (χ3v) is 7.41. The number of aromatic nitrogens is 2. The lowest BCUT2D eigenvalue weighted by atomic mass is 10.1. The third kappa shape index (κ3) is 5.78. The van der Waals surface area contributed by atoms with E-state index >= 15 is 0 Å². The van der Waals surface area contributed by atoms with E-state index in [0.29, 0.717) is 29.6 Å². The first-order valence-electron chi connectivity index (χ1n) is 10.6. The minimum absolute atomic E-state index is 0.182. The summed E-state index contributed by atoms with van der Waals surface area (Å²) in [5.74, 6) is 1.42. The molecule has 0 radical (unpaired) electrons. The number of benzene rings is 2. The Bertz CT molecular complexity index is 1070. The smallest absolute Gasteiger partial charge is 0.241 e. The standard InChI is InChI=1S/C23H28N4O3S/c1-19-8-10-20(11-9-19)23-24-22(30-25-23)18-27-15-13-26(14-16-27)12-5-17-31(28,29)21-6-3-2-4-7-21/h2-4,6-11H,5,12-18H2,1H3. The van der Waals surface area contributed by atoms with Crippen molar-refractivity contribution in [2.24, 2.45) is 0 Å². The van der Waals surface area contributed by atoms with E-state index in [4.69, 9.17) is 4.52 Å². The molecule has 1 aliphatic rings. The number of aryl methyl sites for hydroxylation is 1. The number of hydrogen-bond donors (Lipinski definition) is 0. The van der Waals surface area contributed by atoms with E-state index in [1.165, 1.54) is 5.56 Å². The zero-order chi connectivity index (χ0) is 21.7. The van der Waals surface area contributed by atoms with Crippen molar-refractivity contribution in [1.29, 1.82) is 0 Å². The molecule has 1 saturated heterocycles. The molecule has 0 unspecified atom stereocenters. The molecule has 0 saturated carbocycles. The van der Waals surface area contributed by atoms with Gasteiger partial charge in [-0.3, -0.25) is 4.90 Å². The molecule has 7 nitrogen and oxygen atoms in total. The molecule has 4 rings (SSSR count). The van der Waals surface area contributed by atoms with Gasteiger partial charge in [-0.25, -0.2) is 8.42 Å². The molecular weight excluding hydrogens is 412 g/mol. The summed E-state index contributed by atoms with van der Waals surface area (Å²) in [5, 5.41) is 4.10. The quantitative estimate of drug-likeness (QED) is 0.533. The van der Waals surface area contributed by atoms with Crippen molar-refractivity contribution in [2.75, 3.05) is 38.5 Å². The highest BCUT2D eigenvalue weighted by Crippen LogP contribution is 2.17. The molecule has 0 amide bonds. The van der Waals surface area contributed by atoms with Crippen LogP contribution in [-0.2, 0) is 16.4 Å². The second-order valence-electron chi connectivity index (χ2n) is 7.98. The molecular formula is C23H28N4O3S. The van der Waals surface area contributed by atoms with Crippen LogP contribution in [-0.4, -0.2) is 66.8 Å². The lowest BCUT2D eigenvalue weighted by Gasteiger charge is -2.33. The Hall–Kier alpha value is -2.55. The Morgan fingerprint density at radius 2 is 1.61 bits per heavy atom. The molecule has 0 bridgehead atoms. The van der Waals surface area contributed by atoms with Crippen LogP contribution in [0.15, 0.2) is 64.0 Å². The summed E-state index contributed by atoms with van der Waals surface area (Å²) in [5.41, 5.74) is 2.15. The van der Waals surface area contributed by atoms with Crippen LogP contribution in [0.5, 0.6) is 0 Å². The maximum atomic E-state index is 12.4. The van der Waals surface area contributed by atoms with Crippen molar-refractivity contribution >= 4 is 9.84 Å². The molecule has 3 aromatic rings. The number of piperazine rings is 1. The predicted molar refractivity (Wildman–Crippen MR) is 119 cm³/mol. The normalized spacial score (nSPS) is 15.9. The van der Waals surface area contributed by atoms with Crippen molar-refractivity contribution < 1.29 is 12.9 Å². The third-order valence-electron chi connectivity index (χ3n) is 5.59. The zero-order valence-electron chi connectivity index (χ0n) is 17.8. The van der Waals surface area contributed by atoms with Crippen molar-refractivity contribution in [1.82, 2.24) is 19.9 Å². The summed E-state index contributed by atoms with van der Waals surface area (Å²) < 4.78 is 30.2. The largest absolute Gasteiger partial charge is 0.338 e. The lowest BCUT2D eigenvalue weighted by molar-refractivity contribution is 0.117. The Labute approximate surface area is 183 Å². The first-order valence-corrected chi connectivity index (χ1v) is 12.3. The molecule has 2 heterocycles. The van der Waals surface area contributed by atoms with E-state index in [2.05, 4.69) is 19.9 Å². The van der Waals surface area contributed by atoms with E-state index in [1.807, 2.05) is 37.3 Å². The van der Waals surface area contributed by atoms with Gasteiger partial charge in [-0.05, 0) is 32.0 Å². The number of rotatable bonds is 8. The fraction of sp³-hybridized carbons (Fsp3) is 0.391. The molecule has 1 fully saturated rings. The van der Waals surface area contributed by atoms with Crippen molar-refractivity contribution in [2.45, 2.75) is 24.8 Å². The fourth-order valence-corrected chi connectivity index (χ4v) is 5.04. The lowest BCUT2D eigenvalue weighted by Crippen LogP contribution is -2.46. The van der Waals surface area contributed by atoms with Crippen LogP contribution < -0.4 is 0 Å². The minimum Gasteiger partial charge on any atom is -0.338 e. The second kappa shape index (κ2) is 9.72. The number of nitrogens with zero attached hydrogens (tertiary/aromatic N) is 4. The molecule has 0 aliphatic carbocycles. The summed E-state index contributed by atoms with van der Waals surface area (Å²) in [6, 6.07) is 16.8. The van der Waals surface area contributed by atoms with Gasteiger partial charge in [0, 0.05) is 31.7 Å². The molecule has 0 spiro atoms. The van der Waals surface area contributed by atoms with Crippen LogP contribution in [0, 0.1) is 6.92 Å². The molecule has 1 aromatic heterocycles. The van der Waals surface area contributed by atoms with E-state index < -0.39 is 9.84 Å². The van der Waals surface area contributed by atoms with E-state index in [0.717, 1.165) is 38.3 Å². The van der Waals surface area contributed by atoms with Crippen LogP contribution in [0.25, 0.3) is 11.4 Å². The minimum atomic E-state index is -3.20. The maximum Gasteiger partial charge on any atom is 0.241 e. The van der Waals surface area contributed by atoms with Gasteiger partial charge >= 0.3 is 0 Å². The average Bonchev–Trinajstić information content (AvgIpc) is 3.24. The highest BCUT2D eigenvalue weighted by Gasteiger charge is 2.20. The van der Waals surface area contributed by atoms with Gasteiger partial charge in [0.2, 0.25) is 11.7 Å². The van der Waals surface area contributed by atoms with E-state index in [-0.39, 0.29) is 5.75 Å². The van der Waals surface area contributed by atoms with Gasteiger partial charge in [-0.2, -0.15) is 4.98 Å². The molecule has 164 valence electrons. The summed E-state index contributed by atoms with van der Waals surface area (Å²) in [4.78, 5) is 9.55. The molecule has 0 N–H and O–H groups in total. The second-order valence-corrected chi connectivity index (χ2v) is 10.1. The number of sulfone groups is 1. The summed E-state index contributed by atoms with van der Waals surface area (Å²) in [6.45, 7) is 7.08. The maximum absolute atomic E-state index is 12.4. The summed E-state index contributed by atoms with van der Waals surface area (Å²) in [7, 11) is -3.20. The molecule has 1 aliphatic heterocycles. The van der Waals surface area contributed by atoms with Gasteiger partial charge in [-0.1, -0.05) is 53.2 Å². The Kier molecular flexibility index (Phi) is 6.80. The van der Waals surface area contributed by atoms with Gasteiger partial charge in [0.1, 0.15) is 0 Å². The Morgan fingerprint density at radius 1 is 0.935 bits per heavy atom. The van der Waals surface area contributed by atoms with Crippen LogP contribution in [0.1, 0.15) is 17.9 Å². The molecule has 2 aromatic carbocycles. The topological polar surface area (TPSA) is 79.5 Å². The van der Waals surface area contributed by atoms with E-state index in [9.17, 15) is 8.42 Å². The summed E-state index contributed by atoms with van der Waals surface area (Å²) >= 11 is 0. The van der Waals surface area contributed by atoms with Gasteiger partial charge in [0.15, 0.2) is 9.84 Å². The Morgan fingerprint density at radius 3 is 2.32 bits per heavy atom. The van der Waals surface area contributed by atoms with Crippen LogP contribution >= 0.6 is 0 Å². The monoisotopic (exact) mass is 440 g/mol. The van der Waals surface area contributed by atoms with Crippen molar-refractivity contribution in [3.63, 3.8) is 0 Å². The SMILES string of the molecule is Cc1ccc(-c2noc(CN3CCN(CCCS(=O)(=O)c4ccccc4)CC3)n2)cc1. The van der Waals surface area contributed by atoms with Crippen LogP contribution in [0.3, 0.4) is 0 Å². The van der Waals surface area contributed by atoms with Gasteiger partial charge in [0.05, 0.1) is 17.2 Å². The van der Waals surface area contributed by atoms with Crippen LogP contribution in [0.4, 0.5) is 0 Å². The van der Waals surface area contributed by atoms with Crippen molar-refractivity contribution in [3.8, 4) is 11.4 Å². The average molecular weight is 441 g/mol.